The van der Waals surface area contributed by atoms with E-state index in [9.17, 15) is 4.79 Å². The van der Waals surface area contributed by atoms with Crippen molar-refractivity contribution in [1.29, 1.82) is 0 Å². The van der Waals surface area contributed by atoms with E-state index in [1.807, 2.05) is 12.1 Å². The number of hydrogen-bond acceptors (Lipinski definition) is 4. The second-order valence-electron chi connectivity index (χ2n) is 3.18. The van der Waals surface area contributed by atoms with Gasteiger partial charge in [-0.25, -0.2) is 4.79 Å². The second-order valence-corrected chi connectivity index (χ2v) is 4.22. The molecule has 0 radical (unpaired) electrons. The summed E-state index contributed by atoms with van der Waals surface area (Å²) in [7, 11) is 1.55. The standard InChI is InChI=1S/C12H10O4S/c1-15-8-4-2-3-5-9(8)16-11-7-6-10(17-11)12(13)14/h2-7H,1H3,(H,13,14). The van der Waals surface area contributed by atoms with E-state index in [2.05, 4.69) is 0 Å². The van der Waals surface area contributed by atoms with Crippen LogP contribution in [-0.2, 0) is 0 Å². The number of carboxylic acids is 1. The number of para-hydroxylation sites is 2. The number of aromatic carboxylic acids is 1. The summed E-state index contributed by atoms with van der Waals surface area (Å²) in [5.74, 6) is 0.219. The van der Waals surface area contributed by atoms with Gasteiger partial charge in [0.2, 0.25) is 0 Å². The fourth-order valence-corrected chi connectivity index (χ4v) is 2.01. The Morgan fingerprint density at radius 3 is 2.47 bits per heavy atom. The zero-order chi connectivity index (χ0) is 12.3. The summed E-state index contributed by atoms with van der Waals surface area (Å²) in [6, 6.07) is 10.3. The van der Waals surface area contributed by atoms with Crippen LogP contribution in [0.15, 0.2) is 36.4 Å². The first-order valence-electron chi connectivity index (χ1n) is 4.84. The quantitative estimate of drug-likeness (QED) is 0.905. The molecule has 17 heavy (non-hydrogen) atoms. The van der Waals surface area contributed by atoms with E-state index < -0.39 is 5.97 Å². The minimum absolute atomic E-state index is 0.245. The molecule has 0 saturated carbocycles. The molecule has 1 aromatic carbocycles. The molecule has 0 aliphatic carbocycles. The highest BCUT2D eigenvalue weighted by molar-refractivity contribution is 7.15. The summed E-state index contributed by atoms with van der Waals surface area (Å²) in [5, 5.41) is 9.32. The maximum Gasteiger partial charge on any atom is 0.345 e. The van der Waals surface area contributed by atoms with Gasteiger partial charge in [-0.3, -0.25) is 0 Å². The average molecular weight is 250 g/mol. The van der Waals surface area contributed by atoms with Crippen molar-refractivity contribution >= 4 is 17.3 Å². The fraction of sp³-hybridized carbons (Fsp3) is 0.0833. The molecule has 5 heteroatoms. The van der Waals surface area contributed by atoms with Crippen LogP contribution >= 0.6 is 11.3 Å². The van der Waals surface area contributed by atoms with Crippen LogP contribution in [0.5, 0.6) is 16.6 Å². The lowest BCUT2D eigenvalue weighted by molar-refractivity contribution is 0.0702. The van der Waals surface area contributed by atoms with E-state index in [-0.39, 0.29) is 4.88 Å². The van der Waals surface area contributed by atoms with Crippen LogP contribution in [0.3, 0.4) is 0 Å². The first kappa shape index (κ1) is 11.5. The maximum atomic E-state index is 10.7. The number of carboxylic acid groups (broad SMARTS) is 1. The van der Waals surface area contributed by atoms with Gasteiger partial charge in [0.1, 0.15) is 4.88 Å². The molecule has 0 spiro atoms. The molecule has 0 bridgehead atoms. The topological polar surface area (TPSA) is 55.8 Å². The predicted molar refractivity (Wildman–Crippen MR) is 64.3 cm³/mol. The Labute approximate surface area is 102 Å². The maximum absolute atomic E-state index is 10.7. The largest absolute Gasteiger partial charge is 0.493 e. The van der Waals surface area contributed by atoms with Gasteiger partial charge < -0.3 is 14.6 Å². The molecule has 0 saturated heterocycles. The Hall–Kier alpha value is -2.01. The molecule has 0 atom stereocenters. The summed E-state index contributed by atoms with van der Waals surface area (Å²) >= 11 is 1.08. The molecule has 0 amide bonds. The normalized spacial score (nSPS) is 9.94. The minimum Gasteiger partial charge on any atom is -0.493 e. The van der Waals surface area contributed by atoms with Crippen molar-refractivity contribution in [3.63, 3.8) is 0 Å². The third-order valence-electron chi connectivity index (χ3n) is 2.07. The van der Waals surface area contributed by atoms with Crippen LogP contribution in [0.25, 0.3) is 0 Å². The van der Waals surface area contributed by atoms with Crippen molar-refractivity contribution < 1.29 is 19.4 Å². The molecule has 2 aromatic rings. The highest BCUT2D eigenvalue weighted by Crippen LogP contribution is 2.34. The summed E-state index contributed by atoms with van der Waals surface area (Å²) in [4.78, 5) is 11.0. The Bertz CT molecular complexity index is 533. The summed E-state index contributed by atoms with van der Waals surface area (Å²) in [6.45, 7) is 0. The van der Waals surface area contributed by atoms with Gasteiger partial charge in [0.05, 0.1) is 7.11 Å². The van der Waals surface area contributed by atoms with Gasteiger partial charge in [-0.2, -0.15) is 0 Å². The monoisotopic (exact) mass is 250 g/mol. The lowest BCUT2D eigenvalue weighted by atomic mass is 10.3. The predicted octanol–water partition coefficient (Wildman–Crippen LogP) is 3.25. The Kier molecular flexibility index (Phi) is 3.30. The van der Waals surface area contributed by atoms with Crippen molar-refractivity contribution in [2.24, 2.45) is 0 Å². The molecular formula is C12H10O4S. The number of hydrogen-bond donors (Lipinski definition) is 1. The number of methoxy groups -OCH3 is 1. The first-order chi connectivity index (χ1) is 8.20. The van der Waals surface area contributed by atoms with Gasteiger partial charge in [0.25, 0.3) is 0 Å². The van der Waals surface area contributed by atoms with E-state index in [4.69, 9.17) is 14.6 Å². The number of thiophene rings is 1. The van der Waals surface area contributed by atoms with Crippen molar-refractivity contribution in [3.8, 4) is 16.6 Å². The number of rotatable bonds is 4. The molecule has 0 aliphatic heterocycles. The van der Waals surface area contributed by atoms with Gasteiger partial charge in [-0.1, -0.05) is 23.5 Å². The van der Waals surface area contributed by atoms with Gasteiger partial charge in [-0.15, -0.1) is 0 Å². The number of carbonyl (C=O) groups is 1. The van der Waals surface area contributed by atoms with Crippen molar-refractivity contribution in [2.45, 2.75) is 0 Å². The third kappa shape index (κ3) is 2.57. The Morgan fingerprint density at radius 2 is 1.88 bits per heavy atom. The number of ether oxygens (including phenoxy) is 2. The molecule has 2 rings (SSSR count). The first-order valence-corrected chi connectivity index (χ1v) is 5.66. The van der Waals surface area contributed by atoms with E-state index in [1.165, 1.54) is 6.07 Å². The number of benzene rings is 1. The molecule has 1 aromatic heterocycles. The summed E-state index contributed by atoms with van der Waals surface area (Å²) in [6.07, 6.45) is 0. The van der Waals surface area contributed by atoms with Crippen molar-refractivity contribution in [1.82, 2.24) is 0 Å². The lowest BCUT2D eigenvalue weighted by Gasteiger charge is -2.07. The van der Waals surface area contributed by atoms with E-state index in [1.54, 1.807) is 25.3 Å². The minimum atomic E-state index is -0.954. The zero-order valence-corrected chi connectivity index (χ0v) is 9.86. The fourth-order valence-electron chi connectivity index (χ4n) is 1.30. The Balaban J connectivity index is 2.22. The van der Waals surface area contributed by atoms with Crippen LogP contribution in [0.1, 0.15) is 9.67 Å². The smallest absolute Gasteiger partial charge is 0.345 e. The van der Waals surface area contributed by atoms with Crippen LogP contribution in [0.2, 0.25) is 0 Å². The second kappa shape index (κ2) is 4.88. The molecule has 1 heterocycles. The lowest BCUT2D eigenvalue weighted by Crippen LogP contribution is -1.90. The van der Waals surface area contributed by atoms with Crippen LogP contribution < -0.4 is 9.47 Å². The molecule has 0 fully saturated rings. The third-order valence-corrected chi connectivity index (χ3v) is 3.02. The molecule has 4 nitrogen and oxygen atoms in total. The van der Waals surface area contributed by atoms with E-state index in [0.29, 0.717) is 16.6 Å². The van der Waals surface area contributed by atoms with Gasteiger partial charge in [0, 0.05) is 0 Å². The molecule has 1 N–H and O–H groups in total. The van der Waals surface area contributed by atoms with Crippen molar-refractivity contribution in [2.75, 3.05) is 7.11 Å². The zero-order valence-electron chi connectivity index (χ0n) is 9.04. The Morgan fingerprint density at radius 1 is 1.18 bits per heavy atom. The molecule has 0 unspecified atom stereocenters. The van der Waals surface area contributed by atoms with E-state index in [0.717, 1.165) is 11.3 Å². The van der Waals surface area contributed by atoms with Crippen LogP contribution in [0, 0.1) is 0 Å². The van der Waals surface area contributed by atoms with Crippen LogP contribution in [-0.4, -0.2) is 18.2 Å². The van der Waals surface area contributed by atoms with Crippen LogP contribution in [0.4, 0.5) is 0 Å². The summed E-state index contributed by atoms with van der Waals surface area (Å²) < 4.78 is 10.7. The van der Waals surface area contributed by atoms with Crippen molar-refractivity contribution in [3.05, 3.63) is 41.3 Å². The average Bonchev–Trinajstić information content (AvgIpc) is 2.78. The molecule has 0 aliphatic rings. The van der Waals surface area contributed by atoms with E-state index >= 15 is 0 Å². The highest BCUT2D eigenvalue weighted by atomic mass is 32.1. The van der Waals surface area contributed by atoms with Gasteiger partial charge in [0.15, 0.2) is 16.6 Å². The molecular weight excluding hydrogens is 240 g/mol. The SMILES string of the molecule is COc1ccccc1Oc1ccc(C(=O)O)s1. The highest BCUT2D eigenvalue weighted by Gasteiger charge is 2.10. The van der Waals surface area contributed by atoms with Gasteiger partial charge >= 0.3 is 5.97 Å². The van der Waals surface area contributed by atoms with Gasteiger partial charge in [-0.05, 0) is 24.3 Å². The molecule has 88 valence electrons. The summed E-state index contributed by atoms with van der Waals surface area (Å²) in [5.41, 5.74) is 0.